The van der Waals surface area contributed by atoms with Crippen molar-refractivity contribution in [1.82, 2.24) is 25.1 Å². The average molecular weight is 570 g/mol. The summed E-state index contributed by atoms with van der Waals surface area (Å²) in [6.07, 6.45) is 2.42. The number of aryl methyl sites for hydroxylation is 1. The molecule has 0 spiro atoms. The Morgan fingerprint density at radius 3 is 2.42 bits per heavy atom. The van der Waals surface area contributed by atoms with Gasteiger partial charge in [0.1, 0.15) is 22.3 Å². The molecule has 3 aromatic carbocycles. The number of carbonyl (C=O) groups excluding carboxylic acids is 1. The van der Waals surface area contributed by atoms with E-state index in [-0.39, 0.29) is 11.9 Å². The van der Waals surface area contributed by atoms with Crippen LogP contribution in [0.1, 0.15) is 45.8 Å². The van der Waals surface area contributed by atoms with Gasteiger partial charge >= 0.3 is 0 Å². The molecule has 5 aromatic rings. The first-order chi connectivity index (χ1) is 19.6. The lowest BCUT2D eigenvalue weighted by Gasteiger charge is -2.13. The van der Waals surface area contributed by atoms with E-state index in [4.69, 9.17) is 4.74 Å². The summed E-state index contributed by atoms with van der Waals surface area (Å²) >= 11 is 3.02. The molecule has 40 heavy (non-hydrogen) atoms. The van der Waals surface area contributed by atoms with Crippen molar-refractivity contribution in [3.05, 3.63) is 118 Å². The number of methoxy groups -OCH3 is 1. The van der Waals surface area contributed by atoms with Crippen LogP contribution >= 0.6 is 23.1 Å². The Morgan fingerprint density at radius 2 is 1.68 bits per heavy atom. The summed E-state index contributed by atoms with van der Waals surface area (Å²) in [7, 11) is 1.66. The summed E-state index contributed by atoms with van der Waals surface area (Å²) < 4.78 is 7.70. The normalized spacial score (nSPS) is 11.8. The number of hydrogen-bond donors (Lipinski definition) is 1. The molecule has 0 aliphatic carbocycles. The lowest BCUT2D eigenvalue weighted by Crippen LogP contribution is -2.33. The SMILES string of the molecule is COc1ccccc1-n1c(Cc2ccccc2)nnc1SCc1nc(C(=O)NC(C)CCc2ccccc2)cs1. The maximum Gasteiger partial charge on any atom is 0.270 e. The molecule has 1 N–H and O–H groups in total. The van der Waals surface area contributed by atoms with Crippen molar-refractivity contribution < 1.29 is 9.53 Å². The van der Waals surface area contributed by atoms with Gasteiger partial charge < -0.3 is 10.1 Å². The van der Waals surface area contributed by atoms with Gasteiger partial charge in [-0.3, -0.25) is 9.36 Å². The van der Waals surface area contributed by atoms with E-state index in [1.807, 2.05) is 77.5 Å². The topological polar surface area (TPSA) is 81.9 Å². The first-order valence-electron chi connectivity index (χ1n) is 13.1. The van der Waals surface area contributed by atoms with Crippen LogP contribution in [0.3, 0.4) is 0 Å². The van der Waals surface area contributed by atoms with Gasteiger partial charge in [0, 0.05) is 17.8 Å². The number of carbonyl (C=O) groups is 1. The van der Waals surface area contributed by atoms with Crippen molar-refractivity contribution >= 4 is 29.0 Å². The van der Waals surface area contributed by atoms with E-state index in [1.54, 1.807) is 18.9 Å². The Kier molecular flexibility index (Phi) is 9.26. The summed E-state index contributed by atoms with van der Waals surface area (Å²) in [5, 5.41) is 15.6. The van der Waals surface area contributed by atoms with Crippen LogP contribution < -0.4 is 10.1 Å². The number of ether oxygens (including phenoxy) is 1. The monoisotopic (exact) mass is 569 g/mol. The van der Waals surface area contributed by atoms with Crippen LogP contribution in [0.15, 0.2) is 95.5 Å². The number of thioether (sulfide) groups is 1. The molecule has 5 rings (SSSR count). The van der Waals surface area contributed by atoms with Crippen LogP contribution in [0, 0.1) is 0 Å². The van der Waals surface area contributed by atoms with Gasteiger partial charge in [-0.05, 0) is 43.0 Å². The molecule has 1 amide bonds. The Morgan fingerprint density at radius 1 is 0.975 bits per heavy atom. The van der Waals surface area contributed by atoms with Crippen LogP contribution in [0.2, 0.25) is 0 Å². The number of nitrogens with zero attached hydrogens (tertiary/aromatic N) is 4. The van der Waals surface area contributed by atoms with Gasteiger partial charge in [-0.2, -0.15) is 0 Å². The van der Waals surface area contributed by atoms with E-state index in [2.05, 4.69) is 44.8 Å². The molecule has 204 valence electrons. The third-order valence-corrected chi connectivity index (χ3v) is 8.40. The van der Waals surface area contributed by atoms with Crippen LogP contribution in [-0.2, 0) is 18.6 Å². The molecule has 1 atom stereocenters. The highest BCUT2D eigenvalue weighted by atomic mass is 32.2. The highest BCUT2D eigenvalue weighted by Crippen LogP contribution is 2.31. The van der Waals surface area contributed by atoms with Crippen molar-refractivity contribution in [3.8, 4) is 11.4 Å². The summed E-state index contributed by atoms with van der Waals surface area (Å²) in [5.41, 5.74) is 3.75. The van der Waals surface area contributed by atoms with Crippen LogP contribution in [0.4, 0.5) is 0 Å². The molecule has 1 unspecified atom stereocenters. The zero-order valence-corrected chi connectivity index (χ0v) is 24.1. The number of aromatic nitrogens is 4. The van der Waals surface area contributed by atoms with E-state index in [1.165, 1.54) is 16.9 Å². The smallest absolute Gasteiger partial charge is 0.270 e. The van der Waals surface area contributed by atoms with E-state index >= 15 is 0 Å². The van der Waals surface area contributed by atoms with Crippen molar-refractivity contribution in [1.29, 1.82) is 0 Å². The van der Waals surface area contributed by atoms with Gasteiger partial charge in [0.15, 0.2) is 5.16 Å². The number of thiazole rings is 1. The second-order valence-corrected chi connectivity index (χ2v) is 11.3. The van der Waals surface area contributed by atoms with Crippen LogP contribution in [0.5, 0.6) is 5.75 Å². The quantitative estimate of drug-likeness (QED) is 0.176. The molecule has 2 heterocycles. The molecule has 0 radical (unpaired) electrons. The predicted octanol–water partition coefficient (Wildman–Crippen LogP) is 6.37. The zero-order chi connectivity index (χ0) is 27.7. The van der Waals surface area contributed by atoms with Crippen molar-refractivity contribution in [3.63, 3.8) is 0 Å². The summed E-state index contributed by atoms with van der Waals surface area (Å²) in [4.78, 5) is 17.4. The third kappa shape index (κ3) is 6.97. The number of amides is 1. The molecule has 0 aliphatic heterocycles. The van der Waals surface area contributed by atoms with Crippen LogP contribution in [-0.4, -0.2) is 38.8 Å². The Labute approximate surface area is 242 Å². The standard InChI is InChI=1S/C31H31N5O2S2/c1-22(17-18-23-11-5-3-6-12-23)32-30(37)25-20-39-29(33-25)21-40-31-35-34-28(19-24-13-7-4-8-14-24)36(31)26-15-9-10-16-27(26)38-2/h3-16,20,22H,17-19,21H2,1-2H3,(H,32,37). The summed E-state index contributed by atoms with van der Waals surface area (Å²) in [6.45, 7) is 2.03. The molecule has 0 saturated heterocycles. The highest BCUT2D eigenvalue weighted by Gasteiger charge is 2.19. The molecule has 0 saturated carbocycles. The fourth-order valence-electron chi connectivity index (χ4n) is 4.35. The fourth-order valence-corrected chi connectivity index (χ4v) is 6.10. The minimum atomic E-state index is -0.143. The van der Waals surface area contributed by atoms with Gasteiger partial charge in [0.05, 0.1) is 18.6 Å². The van der Waals surface area contributed by atoms with E-state index < -0.39 is 0 Å². The fraction of sp³-hybridized carbons (Fsp3) is 0.226. The number of benzene rings is 3. The van der Waals surface area contributed by atoms with Gasteiger partial charge in [0.2, 0.25) is 0 Å². The van der Waals surface area contributed by atoms with E-state index in [0.29, 0.717) is 17.9 Å². The summed E-state index contributed by atoms with van der Waals surface area (Å²) in [6, 6.07) is 28.4. The first-order valence-corrected chi connectivity index (χ1v) is 15.0. The third-order valence-electron chi connectivity index (χ3n) is 6.43. The Balaban J connectivity index is 1.26. The number of nitrogens with one attached hydrogen (secondary N) is 1. The zero-order valence-electron chi connectivity index (χ0n) is 22.5. The van der Waals surface area contributed by atoms with Crippen molar-refractivity contribution in [2.24, 2.45) is 0 Å². The minimum absolute atomic E-state index is 0.0506. The molecule has 7 nitrogen and oxygen atoms in total. The first kappa shape index (κ1) is 27.6. The van der Waals surface area contributed by atoms with Gasteiger partial charge in [0.25, 0.3) is 5.91 Å². The van der Waals surface area contributed by atoms with E-state index in [9.17, 15) is 4.79 Å². The lowest BCUT2D eigenvalue weighted by atomic mass is 10.1. The second kappa shape index (κ2) is 13.4. The lowest BCUT2D eigenvalue weighted by molar-refractivity contribution is 0.0934. The molecule has 9 heteroatoms. The second-order valence-electron chi connectivity index (χ2n) is 9.38. The molecular formula is C31H31N5O2S2. The predicted molar refractivity (Wildman–Crippen MR) is 161 cm³/mol. The van der Waals surface area contributed by atoms with Gasteiger partial charge in [-0.25, -0.2) is 4.98 Å². The molecule has 0 fully saturated rings. The maximum absolute atomic E-state index is 12.8. The van der Waals surface area contributed by atoms with Crippen molar-refractivity contribution in [2.75, 3.05) is 7.11 Å². The maximum atomic E-state index is 12.8. The Hall–Kier alpha value is -3.95. The highest BCUT2D eigenvalue weighted by molar-refractivity contribution is 7.98. The van der Waals surface area contributed by atoms with E-state index in [0.717, 1.165) is 45.8 Å². The molecule has 0 bridgehead atoms. The number of para-hydroxylation sites is 2. The number of rotatable bonds is 12. The van der Waals surface area contributed by atoms with Gasteiger partial charge in [-0.15, -0.1) is 21.5 Å². The van der Waals surface area contributed by atoms with Crippen molar-refractivity contribution in [2.45, 2.75) is 43.1 Å². The molecular weight excluding hydrogens is 539 g/mol. The van der Waals surface area contributed by atoms with Gasteiger partial charge in [-0.1, -0.05) is 84.6 Å². The Bertz CT molecular complexity index is 1540. The molecule has 0 aliphatic rings. The van der Waals surface area contributed by atoms with Crippen LogP contribution in [0.25, 0.3) is 5.69 Å². The summed E-state index contributed by atoms with van der Waals surface area (Å²) in [5.74, 6) is 1.99. The average Bonchev–Trinajstić information content (AvgIpc) is 3.63. The molecule has 2 aromatic heterocycles. The largest absolute Gasteiger partial charge is 0.495 e. The number of hydrogen-bond acceptors (Lipinski definition) is 7. The minimum Gasteiger partial charge on any atom is -0.495 e.